The minimum atomic E-state index is 0.0183. The number of rotatable bonds is 4. The van der Waals surface area contributed by atoms with Crippen LogP contribution in [0.5, 0.6) is 0 Å². The molecule has 0 aliphatic carbocycles. The topological polar surface area (TPSA) is 77.0 Å². The van der Waals surface area contributed by atoms with E-state index in [0.29, 0.717) is 23.9 Å². The predicted molar refractivity (Wildman–Crippen MR) is 83.9 cm³/mol. The lowest BCUT2D eigenvalue weighted by Crippen LogP contribution is -2.39. The van der Waals surface area contributed by atoms with Crippen molar-refractivity contribution < 1.29 is 9.32 Å². The second-order valence-electron chi connectivity index (χ2n) is 6.64. The molecule has 0 N–H and O–H groups in total. The minimum absolute atomic E-state index is 0.0183. The van der Waals surface area contributed by atoms with Crippen LogP contribution in [0.25, 0.3) is 0 Å². The molecule has 1 aliphatic heterocycles. The highest BCUT2D eigenvalue weighted by Gasteiger charge is 2.29. The number of hydrogen-bond acceptors (Lipinski definition) is 5. The zero-order chi connectivity index (χ0) is 16.4. The summed E-state index contributed by atoms with van der Waals surface area (Å²) in [4.78, 5) is 18.9. The third kappa shape index (κ3) is 3.60. The lowest BCUT2D eigenvalue weighted by molar-refractivity contribution is 0.0695. The average Bonchev–Trinajstić information content (AvgIpc) is 3.15. The van der Waals surface area contributed by atoms with Gasteiger partial charge >= 0.3 is 0 Å². The summed E-state index contributed by atoms with van der Waals surface area (Å²) in [5.74, 6) is 2.05. The lowest BCUT2D eigenvalue weighted by atomic mass is 9.97. The van der Waals surface area contributed by atoms with Gasteiger partial charge in [-0.05, 0) is 18.8 Å². The van der Waals surface area contributed by atoms with E-state index in [1.54, 1.807) is 17.1 Å². The standard InChI is InChI=1S/C16H23N5O2/c1-11(2)7-14-18-15(23-19-14)12-5-4-6-21(10-12)16(22)13-8-17-20(3)9-13/h8-9,11-12H,4-7,10H2,1-3H3. The highest BCUT2D eigenvalue weighted by Crippen LogP contribution is 2.27. The van der Waals surface area contributed by atoms with Crippen LogP contribution >= 0.6 is 0 Å². The van der Waals surface area contributed by atoms with Gasteiger partial charge in [-0.3, -0.25) is 9.48 Å². The summed E-state index contributed by atoms with van der Waals surface area (Å²) >= 11 is 0. The van der Waals surface area contributed by atoms with Gasteiger partial charge in [0, 0.05) is 32.8 Å². The van der Waals surface area contributed by atoms with E-state index in [9.17, 15) is 4.79 Å². The maximum Gasteiger partial charge on any atom is 0.257 e. The third-order valence-corrected chi connectivity index (χ3v) is 4.08. The number of hydrogen-bond donors (Lipinski definition) is 0. The van der Waals surface area contributed by atoms with Crippen molar-refractivity contribution in [1.82, 2.24) is 24.8 Å². The SMILES string of the molecule is CC(C)Cc1noc(C2CCCN(C(=O)c3cnn(C)c3)C2)n1. The summed E-state index contributed by atoms with van der Waals surface area (Å²) in [6, 6.07) is 0. The van der Waals surface area contributed by atoms with Gasteiger partial charge in [-0.15, -0.1) is 0 Å². The molecule has 1 atom stereocenters. The van der Waals surface area contributed by atoms with Crippen LogP contribution in [0.4, 0.5) is 0 Å². The molecule has 0 saturated carbocycles. The van der Waals surface area contributed by atoms with Gasteiger partial charge in [0.1, 0.15) is 0 Å². The lowest BCUT2D eigenvalue weighted by Gasteiger charge is -2.30. The van der Waals surface area contributed by atoms with Crippen molar-refractivity contribution >= 4 is 5.91 Å². The zero-order valence-electron chi connectivity index (χ0n) is 13.9. The molecule has 2 aromatic heterocycles. The van der Waals surface area contributed by atoms with E-state index in [0.717, 1.165) is 31.6 Å². The van der Waals surface area contributed by atoms with Crippen molar-refractivity contribution in [2.75, 3.05) is 13.1 Å². The number of carbonyl (C=O) groups excluding carboxylic acids is 1. The monoisotopic (exact) mass is 317 g/mol. The van der Waals surface area contributed by atoms with E-state index in [-0.39, 0.29) is 11.8 Å². The van der Waals surface area contributed by atoms with Crippen molar-refractivity contribution in [2.24, 2.45) is 13.0 Å². The summed E-state index contributed by atoms with van der Waals surface area (Å²) in [6.07, 6.45) is 6.09. The molecule has 7 heteroatoms. The van der Waals surface area contributed by atoms with Crippen LogP contribution < -0.4 is 0 Å². The normalized spacial score (nSPS) is 18.6. The first-order valence-electron chi connectivity index (χ1n) is 8.13. The average molecular weight is 317 g/mol. The summed E-state index contributed by atoms with van der Waals surface area (Å²) in [5, 5.41) is 8.13. The van der Waals surface area contributed by atoms with Crippen molar-refractivity contribution in [1.29, 1.82) is 0 Å². The van der Waals surface area contributed by atoms with Crippen molar-refractivity contribution in [3.8, 4) is 0 Å². The van der Waals surface area contributed by atoms with Gasteiger partial charge in [-0.1, -0.05) is 19.0 Å². The maximum atomic E-state index is 12.5. The van der Waals surface area contributed by atoms with Crippen molar-refractivity contribution in [3.63, 3.8) is 0 Å². The van der Waals surface area contributed by atoms with Gasteiger partial charge in [-0.25, -0.2) is 0 Å². The molecule has 2 aromatic rings. The predicted octanol–water partition coefficient (Wildman–Crippen LogP) is 2.02. The number of nitrogens with zero attached hydrogens (tertiary/aromatic N) is 5. The van der Waals surface area contributed by atoms with Crippen LogP contribution in [0.2, 0.25) is 0 Å². The molecule has 0 aromatic carbocycles. The Kier molecular flexibility index (Phi) is 4.45. The number of aromatic nitrogens is 4. The molecule has 124 valence electrons. The summed E-state index contributed by atoms with van der Waals surface area (Å²) in [5.41, 5.74) is 0.624. The van der Waals surface area contributed by atoms with Crippen LogP contribution in [-0.2, 0) is 13.5 Å². The number of piperidine rings is 1. The number of carbonyl (C=O) groups is 1. The Morgan fingerprint density at radius 1 is 1.48 bits per heavy atom. The molecule has 1 saturated heterocycles. The van der Waals surface area contributed by atoms with Gasteiger partial charge in [0.2, 0.25) is 5.89 Å². The van der Waals surface area contributed by atoms with E-state index in [4.69, 9.17) is 4.52 Å². The first-order chi connectivity index (χ1) is 11.0. The first-order valence-corrected chi connectivity index (χ1v) is 8.13. The molecule has 23 heavy (non-hydrogen) atoms. The van der Waals surface area contributed by atoms with Crippen LogP contribution in [0.15, 0.2) is 16.9 Å². The molecular weight excluding hydrogens is 294 g/mol. The molecule has 7 nitrogen and oxygen atoms in total. The number of amides is 1. The molecule has 1 amide bonds. The van der Waals surface area contributed by atoms with E-state index in [1.807, 2.05) is 11.9 Å². The van der Waals surface area contributed by atoms with Crippen LogP contribution in [0, 0.1) is 5.92 Å². The molecule has 0 radical (unpaired) electrons. The van der Waals surface area contributed by atoms with E-state index in [2.05, 4.69) is 29.1 Å². The van der Waals surface area contributed by atoms with Crippen molar-refractivity contribution in [2.45, 2.75) is 39.0 Å². The first kappa shape index (κ1) is 15.7. The van der Waals surface area contributed by atoms with Gasteiger partial charge in [0.05, 0.1) is 17.7 Å². The molecule has 1 aliphatic rings. The Labute approximate surface area is 135 Å². The van der Waals surface area contributed by atoms with Crippen LogP contribution in [-0.4, -0.2) is 43.8 Å². The molecule has 1 fully saturated rings. The Hall–Kier alpha value is -2.18. The Balaban J connectivity index is 1.68. The second kappa shape index (κ2) is 6.52. The molecular formula is C16H23N5O2. The molecule has 3 rings (SSSR count). The van der Waals surface area contributed by atoms with E-state index in [1.165, 1.54) is 0 Å². The Bertz CT molecular complexity index is 676. The van der Waals surface area contributed by atoms with Gasteiger partial charge in [0.25, 0.3) is 5.91 Å². The summed E-state index contributed by atoms with van der Waals surface area (Å²) < 4.78 is 7.07. The summed E-state index contributed by atoms with van der Waals surface area (Å²) in [7, 11) is 1.81. The van der Waals surface area contributed by atoms with Crippen LogP contribution in [0.1, 0.15) is 54.7 Å². The highest BCUT2D eigenvalue weighted by atomic mass is 16.5. The van der Waals surface area contributed by atoms with E-state index < -0.39 is 0 Å². The quantitative estimate of drug-likeness (QED) is 0.862. The fourth-order valence-corrected chi connectivity index (χ4v) is 2.96. The number of aryl methyl sites for hydroxylation is 1. The zero-order valence-corrected chi connectivity index (χ0v) is 13.9. The van der Waals surface area contributed by atoms with E-state index >= 15 is 0 Å². The highest BCUT2D eigenvalue weighted by molar-refractivity contribution is 5.93. The number of likely N-dealkylation sites (tertiary alicyclic amines) is 1. The third-order valence-electron chi connectivity index (χ3n) is 4.08. The molecule has 0 spiro atoms. The van der Waals surface area contributed by atoms with Gasteiger partial charge in [0.15, 0.2) is 5.82 Å². The maximum absolute atomic E-state index is 12.5. The van der Waals surface area contributed by atoms with Gasteiger partial charge in [-0.2, -0.15) is 10.1 Å². The fourth-order valence-electron chi connectivity index (χ4n) is 2.96. The largest absolute Gasteiger partial charge is 0.339 e. The van der Waals surface area contributed by atoms with Gasteiger partial charge < -0.3 is 9.42 Å². The summed E-state index contributed by atoms with van der Waals surface area (Å²) in [6.45, 7) is 5.64. The Morgan fingerprint density at radius 2 is 2.30 bits per heavy atom. The smallest absolute Gasteiger partial charge is 0.257 e. The van der Waals surface area contributed by atoms with Crippen LogP contribution in [0.3, 0.4) is 0 Å². The van der Waals surface area contributed by atoms with Crippen molar-refractivity contribution in [3.05, 3.63) is 29.7 Å². The molecule has 1 unspecified atom stereocenters. The second-order valence-corrected chi connectivity index (χ2v) is 6.64. The molecule has 0 bridgehead atoms. The fraction of sp³-hybridized carbons (Fsp3) is 0.625. The Morgan fingerprint density at radius 3 is 3.00 bits per heavy atom. The minimum Gasteiger partial charge on any atom is -0.339 e. The molecule has 3 heterocycles.